The molecular formula is C24H31N3O6. The standard InChI is InChI=1S/C24H31N3O6/c1-30-19-6-4-17(5-7-19)22(27-8-10-33-11-9-27)15-25-23(28)16-26-24(29)18-12-20(31-2)14-21(13-18)32-3/h4-7,12-14,22H,8-11,15-16H2,1-3H3,(H,25,28)(H,26,29)/t22-/m0/s1. The topological polar surface area (TPSA) is 98.4 Å². The molecule has 3 rings (SSSR count). The van der Waals surface area contributed by atoms with Crippen molar-refractivity contribution in [3.8, 4) is 17.2 Å². The lowest BCUT2D eigenvalue weighted by molar-refractivity contribution is -0.120. The van der Waals surface area contributed by atoms with E-state index in [2.05, 4.69) is 15.5 Å². The lowest BCUT2D eigenvalue weighted by Crippen LogP contribution is -2.45. The van der Waals surface area contributed by atoms with E-state index in [-0.39, 0.29) is 24.4 Å². The molecule has 1 saturated heterocycles. The number of amides is 2. The van der Waals surface area contributed by atoms with Crippen LogP contribution in [-0.2, 0) is 9.53 Å². The van der Waals surface area contributed by atoms with E-state index in [0.29, 0.717) is 36.8 Å². The van der Waals surface area contributed by atoms with Gasteiger partial charge in [0, 0.05) is 31.3 Å². The van der Waals surface area contributed by atoms with Gasteiger partial charge in [-0.05, 0) is 29.8 Å². The van der Waals surface area contributed by atoms with Crippen molar-refractivity contribution in [3.05, 3.63) is 53.6 Å². The first kappa shape index (κ1) is 24.3. The summed E-state index contributed by atoms with van der Waals surface area (Å²) < 4.78 is 21.1. The summed E-state index contributed by atoms with van der Waals surface area (Å²) >= 11 is 0. The van der Waals surface area contributed by atoms with Gasteiger partial charge in [0.1, 0.15) is 17.2 Å². The molecule has 0 saturated carbocycles. The van der Waals surface area contributed by atoms with Gasteiger partial charge in [-0.1, -0.05) is 12.1 Å². The quantitative estimate of drug-likeness (QED) is 0.560. The van der Waals surface area contributed by atoms with E-state index in [1.54, 1.807) is 25.3 Å². The second-order valence-electron chi connectivity index (χ2n) is 7.53. The fraction of sp³-hybridized carbons (Fsp3) is 0.417. The summed E-state index contributed by atoms with van der Waals surface area (Å²) in [6.07, 6.45) is 0. The Hall–Kier alpha value is -3.30. The average Bonchev–Trinajstić information content (AvgIpc) is 2.87. The predicted molar refractivity (Wildman–Crippen MR) is 123 cm³/mol. The summed E-state index contributed by atoms with van der Waals surface area (Å²) in [5, 5.41) is 5.59. The molecule has 1 heterocycles. The highest BCUT2D eigenvalue weighted by Gasteiger charge is 2.23. The maximum atomic E-state index is 12.5. The van der Waals surface area contributed by atoms with Crippen molar-refractivity contribution in [2.75, 3.05) is 60.7 Å². The van der Waals surface area contributed by atoms with Gasteiger partial charge in [0.2, 0.25) is 5.91 Å². The molecule has 0 aromatic heterocycles. The summed E-state index contributed by atoms with van der Waals surface area (Å²) in [5.74, 6) is 1.11. The van der Waals surface area contributed by atoms with E-state index < -0.39 is 0 Å². The van der Waals surface area contributed by atoms with Gasteiger partial charge in [-0.3, -0.25) is 14.5 Å². The van der Waals surface area contributed by atoms with Crippen LogP contribution >= 0.6 is 0 Å². The third kappa shape index (κ3) is 6.84. The van der Waals surface area contributed by atoms with Crippen molar-refractivity contribution < 1.29 is 28.5 Å². The van der Waals surface area contributed by atoms with Gasteiger partial charge in [0.05, 0.1) is 47.1 Å². The van der Waals surface area contributed by atoms with Crippen LogP contribution in [0.5, 0.6) is 17.2 Å². The summed E-state index contributed by atoms with van der Waals surface area (Å²) in [6.45, 7) is 3.13. The van der Waals surface area contributed by atoms with Crippen molar-refractivity contribution in [3.63, 3.8) is 0 Å². The van der Waals surface area contributed by atoms with Crippen LogP contribution in [0.4, 0.5) is 0 Å². The lowest BCUT2D eigenvalue weighted by Gasteiger charge is -2.35. The number of morpholine rings is 1. The monoisotopic (exact) mass is 457 g/mol. The molecule has 2 N–H and O–H groups in total. The van der Waals surface area contributed by atoms with Gasteiger partial charge in [0.25, 0.3) is 5.91 Å². The summed E-state index contributed by atoms with van der Waals surface area (Å²) in [7, 11) is 4.65. The Bertz CT molecular complexity index is 906. The van der Waals surface area contributed by atoms with Gasteiger partial charge in [0.15, 0.2) is 0 Å². The number of carbonyl (C=O) groups is 2. The molecule has 1 aliphatic rings. The van der Waals surface area contributed by atoms with Crippen molar-refractivity contribution in [1.82, 2.24) is 15.5 Å². The molecule has 0 spiro atoms. The number of ether oxygens (including phenoxy) is 4. The van der Waals surface area contributed by atoms with Crippen LogP contribution in [0, 0.1) is 0 Å². The van der Waals surface area contributed by atoms with E-state index in [0.717, 1.165) is 24.4 Å². The van der Waals surface area contributed by atoms with Crippen LogP contribution in [0.25, 0.3) is 0 Å². The first-order chi connectivity index (χ1) is 16.0. The van der Waals surface area contributed by atoms with Crippen molar-refractivity contribution in [2.45, 2.75) is 6.04 Å². The molecule has 9 nitrogen and oxygen atoms in total. The molecule has 33 heavy (non-hydrogen) atoms. The largest absolute Gasteiger partial charge is 0.497 e. The third-order valence-corrected chi connectivity index (χ3v) is 5.50. The molecule has 1 atom stereocenters. The van der Waals surface area contributed by atoms with E-state index in [4.69, 9.17) is 18.9 Å². The molecule has 2 aromatic rings. The molecule has 1 fully saturated rings. The number of nitrogens with zero attached hydrogens (tertiary/aromatic N) is 1. The minimum atomic E-state index is -0.387. The van der Waals surface area contributed by atoms with Crippen molar-refractivity contribution in [2.24, 2.45) is 0 Å². The van der Waals surface area contributed by atoms with E-state index in [1.807, 2.05) is 24.3 Å². The van der Waals surface area contributed by atoms with Crippen LogP contribution in [0.1, 0.15) is 22.0 Å². The maximum absolute atomic E-state index is 12.5. The number of hydrogen-bond acceptors (Lipinski definition) is 7. The summed E-state index contributed by atoms with van der Waals surface area (Å²) in [5.41, 5.74) is 1.42. The second-order valence-corrected chi connectivity index (χ2v) is 7.53. The van der Waals surface area contributed by atoms with E-state index in [9.17, 15) is 9.59 Å². The smallest absolute Gasteiger partial charge is 0.251 e. The number of nitrogens with one attached hydrogen (secondary N) is 2. The number of methoxy groups -OCH3 is 3. The zero-order valence-electron chi connectivity index (χ0n) is 19.3. The van der Waals surface area contributed by atoms with E-state index >= 15 is 0 Å². The molecule has 0 radical (unpaired) electrons. The highest BCUT2D eigenvalue weighted by molar-refractivity contribution is 5.97. The first-order valence-corrected chi connectivity index (χ1v) is 10.8. The average molecular weight is 458 g/mol. The molecule has 2 amide bonds. The Labute approximate surface area is 193 Å². The van der Waals surface area contributed by atoms with Gasteiger partial charge in [-0.25, -0.2) is 0 Å². The zero-order valence-corrected chi connectivity index (χ0v) is 19.3. The van der Waals surface area contributed by atoms with Gasteiger partial charge in [-0.15, -0.1) is 0 Å². The predicted octanol–water partition coefficient (Wildman–Crippen LogP) is 1.63. The molecular weight excluding hydrogens is 426 g/mol. The van der Waals surface area contributed by atoms with Crippen molar-refractivity contribution >= 4 is 11.8 Å². The molecule has 2 aromatic carbocycles. The molecule has 178 valence electrons. The summed E-state index contributed by atoms with van der Waals surface area (Å²) in [6, 6.07) is 12.7. The third-order valence-electron chi connectivity index (χ3n) is 5.50. The van der Waals surface area contributed by atoms with Gasteiger partial charge >= 0.3 is 0 Å². The van der Waals surface area contributed by atoms with Crippen LogP contribution in [0.3, 0.4) is 0 Å². The molecule has 0 unspecified atom stereocenters. The van der Waals surface area contributed by atoms with Crippen LogP contribution in [-0.4, -0.2) is 77.4 Å². The normalized spacial score (nSPS) is 14.8. The van der Waals surface area contributed by atoms with Crippen LogP contribution < -0.4 is 24.8 Å². The summed E-state index contributed by atoms with van der Waals surface area (Å²) in [4.78, 5) is 27.3. The van der Waals surface area contributed by atoms with Gasteiger partial charge < -0.3 is 29.6 Å². The Morgan fingerprint density at radius 2 is 1.52 bits per heavy atom. The minimum Gasteiger partial charge on any atom is -0.497 e. The SMILES string of the molecule is COc1ccc([C@H](CNC(=O)CNC(=O)c2cc(OC)cc(OC)c2)N2CCOCC2)cc1. The zero-order chi connectivity index (χ0) is 23.6. The van der Waals surface area contributed by atoms with Crippen LogP contribution in [0.2, 0.25) is 0 Å². The molecule has 0 bridgehead atoms. The maximum Gasteiger partial charge on any atom is 0.251 e. The molecule has 1 aliphatic heterocycles. The Morgan fingerprint density at radius 1 is 0.909 bits per heavy atom. The number of rotatable bonds is 10. The minimum absolute atomic E-state index is 0.0119. The Morgan fingerprint density at radius 3 is 2.09 bits per heavy atom. The molecule has 9 heteroatoms. The fourth-order valence-corrected chi connectivity index (χ4v) is 3.65. The highest BCUT2D eigenvalue weighted by atomic mass is 16.5. The number of benzene rings is 2. The molecule has 0 aliphatic carbocycles. The first-order valence-electron chi connectivity index (χ1n) is 10.8. The van der Waals surface area contributed by atoms with Crippen molar-refractivity contribution in [1.29, 1.82) is 0 Å². The Balaban J connectivity index is 1.59. The Kier molecular flexibility index (Phi) is 8.91. The van der Waals surface area contributed by atoms with Crippen LogP contribution in [0.15, 0.2) is 42.5 Å². The number of hydrogen-bond donors (Lipinski definition) is 2. The van der Waals surface area contributed by atoms with Gasteiger partial charge in [-0.2, -0.15) is 0 Å². The van der Waals surface area contributed by atoms with E-state index in [1.165, 1.54) is 14.2 Å². The highest BCUT2D eigenvalue weighted by Crippen LogP contribution is 2.24. The lowest BCUT2D eigenvalue weighted by atomic mass is 10.0. The number of carbonyl (C=O) groups excluding carboxylic acids is 2. The fourth-order valence-electron chi connectivity index (χ4n) is 3.65. The second kappa shape index (κ2) is 12.1.